The first kappa shape index (κ1) is 15.6. The number of carbonyl (C=O) groups excluding carboxylic acids is 1. The average Bonchev–Trinajstić information content (AvgIpc) is 2.90. The summed E-state index contributed by atoms with van der Waals surface area (Å²) in [5.41, 5.74) is -0.720. The number of nitrogens with zero attached hydrogens (tertiary/aromatic N) is 3. The van der Waals surface area contributed by atoms with Crippen LogP contribution in [0.15, 0.2) is 24.5 Å². The third-order valence-electron chi connectivity index (χ3n) is 2.84. The van der Waals surface area contributed by atoms with Crippen LogP contribution in [0.25, 0.3) is 0 Å². The van der Waals surface area contributed by atoms with Crippen LogP contribution in [0.3, 0.4) is 0 Å². The lowest BCUT2D eigenvalue weighted by atomic mass is 10.1. The van der Waals surface area contributed by atoms with Gasteiger partial charge >= 0.3 is 5.97 Å². The molecule has 2 N–H and O–H groups in total. The number of anilines is 1. The number of carbonyl (C=O) groups is 2. The number of halogens is 1. The number of rotatable bonds is 3. The molecule has 8 heteroatoms. The number of nitrogens with one attached hydrogen (secondary N) is 1. The third kappa shape index (κ3) is 3.27. The van der Waals surface area contributed by atoms with E-state index in [0.717, 1.165) is 18.2 Å². The van der Waals surface area contributed by atoms with Gasteiger partial charge in [0, 0.05) is 0 Å². The van der Waals surface area contributed by atoms with Crippen LogP contribution in [0.1, 0.15) is 41.7 Å². The Kier molecular flexibility index (Phi) is 3.94. The van der Waals surface area contributed by atoms with Gasteiger partial charge in [-0.15, -0.1) is 5.10 Å². The molecular weight excluding hydrogens is 291 g/mol. The summed E-state index contributed by atoms with van der Waals surface area (Å²) in [6.45, 7) is 5.66. The number of hydrogen-bond acceptors (Lipinski definition) is 4. The van der Waals surface area contributed by atoms with E-state index >= 15 is 0 Å². The van der Waals surface area contributed by atoms with Gasteiger partial charge in [-0.1, -0.05) is 0 Å². The molecule has 0 atom stereocenters. The maximum atomic E-state index is 13.6. The lowest BCUT2D eigenvalue weighted by Crippen LogP contribution is -2.23. The van der Waals surface area contributed by atoms with E-state index in [9.17, 15) is 14.0 Å². The maximum absolute atomic E-state index is 13.6. The quantitative estimate of drug-likeness (QED) is 0.905. The van der Waals surface area contributed by atoms with Gasteiger partial charge in [-0.05, 0) is 39.0 Å². The van der Waals surface area contributed by atoms with Gasteiger partial charge in [0.2, 0.25) is 5.82 Å². The highest BCUT2D eigenvalue weighted by molar-refractivity contribution is 6.02. The summed E-state index contributed by atoms with van der Waals surface area (Å²) in [6, 6.07) is 3.12. The fraction of sp³-hybridized carbons (Fsp3) is 0.286. The largest absolute Gasteiger partial charge is 0.478 e. The summed E-state index contributed by atoms with van der Waals surface area (Å²) < 4.78 is 15.2. The molecule has 1 heterocycles. The average molecular weight is 306 g/mol. The highest BCUT2D eigenvalue weighted by atomic mass is 19.1. The van der Waals surface area contributed by atoms with Crippen LogP contribution >= 0.6 is 0 Å². The number of carboxylic acids is 1. The molecule has 116 valence electrons. The molecule has 2 rings (SSSR count). The SMILES string of the molecule is CC(C)(C)n1cnc(C(=O)Nc2cc(C(=O)O)ccc2F)n1. The number of carboxylic acid groups (broad SMARTS) is 1. The minimum atomic E-state index is -1.22. The van der Waals surface area contributed by atoms with E-state index in [2.05, 4.69) is 15.4 Å². The van der Waals surface area contributed by atoms with Crippen molar-refractivity contribution in [2.45, 2.75) is 26.3 Å². The van der Waals surface area contributed by atoms with E-state index < -0.39 is 17.7 Å². The van der Waals surface area contributed by atoms with Crippen LogP contribution in [0.5, 0.6) is 0 Å². The predicted octanol–water partition coefficient (Wildman–Crippen LogP) is 2.12. The van der Waals surface area contributed by atoms with Crippen molar-refractivity contribution in [1.29, 1.82) is 0 Å². The molecule has 0 saturated carbocycles. The molecule has 0 saturated heterocycles. The normalized spacial score (nSPS) is 11.3. The number of benzene rings is 1. The minimum Gasteiger partial charge on any atom is -0.478 e. The molecule has 0 bridgehead atoms. The van der Waals surface area contributed by atoms with Crippen molar-refractivity contribution in [2.24, 2.45) is 0 Å². The molecule has 0 aliphatic rings. The van der Waals surface area contributed by atoms with Gasteiger partial charge < -0.3 is 10.4 Å². The van der Waals surface area contributed by atoms with Gasteiger partial charge in [-0.2, -0.15) is 0 Å². The van der Waals surface area contributed by atoms with Crippen molar-refractivity contribution >= 4 is 17.6 Å². The van der Waals surface area contributed by atoms with Crippen LogP contribution in [0, 0.1) is 5.82 Å². The summed E-state index contributed by atoms with van der Waals surface area (Å²) in [5.74, 6) is -2.81. The molecule has 0 aliphatic carbocycles. The first-order valence-corrected chi connectivity index (χ1v) is 6.45. The molecular formula is C14H15FN4O3. The monoisotopic (exact) mass is 306 g/mol. The van der Waals surface area contributed by atoms with E-state index in [1.807, 2.05) is 20.8 Å². The Morgan fingerprint density at radius 3 is 2.55 bits per heavy atom. The first-order chi connectivity index (χ1) is 10.2. The molecule has 1 amide bonds. The van der Waals surface area contributed by atoms with Gasteiger partial charge in [-0.25, -0.2) is 18.9 Å². The first-order valence-electron chi connectivity index (χ1n) is 6.45. The number of amides is 1. The fourth-order valence-electron chi connectivity index (χ4n) is 1.62. The Morgan fingerprint density at radius 1 is 1.32 bits per heavy atom. The highest BCUT2D eigenvalue weighted by Gasteiger charge is 2.19. The number of aromatic carboxylic acids is 1. The molecule has 1 aromatic heterocycles. The Balaban J connectivity index is 2.24. The standard InChI is InChI=1S/C14H15FN4O3/c1-14(2,3)19-7-16-11(18-19)12(20)17-10-6-8(13(21)22)4-5-9(10)15/h4-7H,1-3H3,(H,17,20)(H,21,22). The van der Waals surface area contributed by atoms with Crippen molar-refractivity contribution in [3.63, 3.8) is 0 Å². The Morgan fingerprint density at radius 2 is 2.00 bits per heavy atom. The van der Waals surface area contributed by atoms with Gasteiger partial charge in [0.05, 0.1) is 16.8 Å². The molecule has 22 heavy (non-hydrogen) atoms. The second kappa shape index (κ2) is 5.55. The molecule has 0 radical (unpaired) electrons. The summed E-state index contributed by atoms with van der Waals surface area (Å²) in [7, 11) is 0. The summed E-state index contributed by atoms with van der Waals surface area (Å²) in [4.78, 5) is 26.8. The lowest BCUT2D eigenvalue weighted by molar-refractivity contribution is 0.0696. The molecule has 0 aliphatic heterocycles. The summed E-state index contributed by atoms with van der Waals surface area (Å²) >= 11 is 0. The molecule has 0 spiro atoms. The second-order valence-electron chi connectivity index (χ2n) is 5.64. The van der Waals surface area contributed by atoms with Crippen LogP contribution in [-0.2, 0) is 5.54 Å². The van der Waals surface area contributed by atoms with Crippen LogP contribution < -0.4 is 5.32 Å². The molecule has 0 unspecified atom stereocenters. The zero-order valence-electron chi connectivity index (χ0n) is 12.3. The number of hydrogen-bond donors (Lipinski definition) is 2. The van der Waals surface area contributed by atoms with Crippen molar-refractivity contribution < 1.29 is 19.1 Å². The number of aromatic nitrogens is 3. The predicted molar refractivity (Wildman–Crippen MR) is 76.3 cm³/mol. The molecule has 7 nitrogen and oxygen atoms in total. The summed E-state index contributed by atoms with van der Waals surface area (Å²) in [5, 5.41) is 15.2. The van der Waals surface area contributed by atoms with Gasteiger partial charge in [-0.3, -0.25) is 4.79 Å². The Labute approximate surface area is 125 Å². The van der Waals surface area contributed by atoms with Crippen LogP contribution in [0.4, 0.5) is 10.1 Å². The van der Waals surface area contributed by atoms with Crippen molar-refractivity contribution in [1.82, 2.24) is 14.8 Å². The van der Waals surface area contributed by atoms with Gasteiger partial charge in [0.1, 0.15) is 12.1 Å². The zero-order chi connectivity index (χ0) is 16.5. The van der Waals surface area contributed by atoms with E-state index in [-0.39, 0.29) is 22.6 Å². The van der Waals surface area contributed by atoms with E-state index in [1.54, 1.807) is 0 Å². The molecule has 2 aromatic rings. The van der Waals surface area contributed by atoms with Crippen LogP contribution in [0.2, 0.25) is 0 Å². The fourth-order valence-corrected chi connectivity index (χ4v) is 1.62. The van der Waals surface area contributed by atoms with Crippen molar-refractivity contribution in [2.75, 3.05) is 5.32 Å². The van der Waals surface area contributed by atoms with Crippen molar-refractivity contribution in [3.05, 3.63) is 41.7 Å². The van der Waals surface area contributed by atoms with Gasteiger partial charge in [0.15, 0.2) is 0 Å². The minimum absolute atomic E-state index is 0.130. The smallest absolute Gasteiger partial charge is 0.335 e. The summed E-state index contributed by atoms with van der Waals surface area (Å²) in [6.07, 6.45) is 1.40. The van der Waals surface area contributed by atoms with Crippen LogP contribution in [-0.4, -0.2) is 31.7 Å². The van der Waals surface area contributed by atoms with E-state index in [1.165, 1.54) is 11.0 Å². The van der Waals surface area contributed by atoms with E-state index in [4.69, 9.17) is 5.11 Å². The maximum Gasteiger partial charge on any atom is 0.335 e. The Bertz CT molecular complexity index is 734. The second-order valence-corrected chi connectivity index (χ2v) is 5.64. The van der Waals surface area contributed by atoms with Gasteiger partial charge in [0.25, 0.3) is 5.91 Å². The zero-order valence-corrected chi connectivity index (χ0v) is 12.3. The van der Waals surface area contributed by atoms with Crippen molar-refractivity contribution in [3.8, 4) is 0 Å². The lowest BCUT2D eigenvalue weighted by Gasteiger charge is -2.17. The third-order valence-corrected chi connectivity index (χ3v) is 2.84. The Hall–Kier alpha value is -2.77. The molecule has 0 fully saturated rings. The highest BCUT2D eigenvalue weighted by Crippen LogP contribution is 2.17. The molecule has 1 aromatic carbocycles. The topological polar surface area (TPSA) is 97.1 Å². The van der Waals surface area contributed by atoms with E-state index in [0.29, 0.717) is 0 Å².